The maximum absolute atomic E-state index is 11.2. The van der Waals surface area contributed by atoms with Gasteiger partial charge in [0.1, 0.15) is 0 Å². The van der Waals surface area contributed by atoms with Gasteiger partial charge in [0.25, 0.3) is 0 Å². The highest BCUT2D eigenvalue weighted by Crippen LogP contribution is 2.32. The van der Waals surface area contributed by atoms with Crippen molar-refractivity contribution < 1.29 is 9.90 Å². The summed E-state index contributed by atoms with van der Waals surface area (Å²) in [6.07, 6.45) is 1.63. The average Bonchev–Trinajstić information content (AvgIpc) is 2.54. The highest BCUT2D eigenvalue weighted by Gasteiger charge is 2.17. The minimum atomic E-state index is -0.924. The summed E-state index contributed by atoms with van der Waals surface area (Å²) in [6.45, 7) is 4.14. The van der Waals surface area contributed by atoms with Crippen molar-refractivity contribution in [3.63, 3.8) is 0 Å². The molecule has 0 aliphatic carbocycles. The number of carbonyl (C=O) groups is 1. The molecule has 0 atom stereocenters. The molecule has 0 radical (unpaired) electrons. The molecule has 2 rings (SSSR count). The Bertz CT molecular complexity index is 599. The second-order valence-corrected chi connectivity index (χ2v) is 4.94. The normalized spacial score (nSPS) is 11.4. The van der Waals surface area contributed by atoms with Crippen LogP contribution in [0.25, 0.3) is 10.9 Å². The first-order valence-corrected chi connectivity index (χ1v) is 5.81. The number of benzene rings is 1. The van der Waals surface area contributed by atoms with Gasteiger partial charge in [0, 0.05) is 23.7 Å². The molecule has 1 heterocycles. The molecule has 90 valence electrons. The molecule has 4 heteroatoms. The van der Waals surface area contributed by atoms with Crippen molar-refractivity contribution in [2.45, 2.75) is 19.8 Å². The fourth-order valence-electron chi connectivity index (χ4n) is 2.16. The van der Waals surface area contributed by atoms with Crippen molar-refractivity contribution in [1.82, 2.24) is 4.57 Å². The molecule has 3 nitrogen and oxygen atoms in total. The molecule has 0 fully saturated rings. The predicted octanol–water partition coefficient (Wildman–Crippen LogP) is 3.65. The maximum atomic E-state index is 11.2. The van der Waals surface area contributed by atoms with Crippen molar-refractivity contribution in [3.05, 3.63) is 34.5 Å². The second kappa shape index (κ2) is 4.08. The fraction of sp³-hybridized carbons (Fsp3) is 0.308. The first kappa shape index (κ1) is 12.0. The van der Waals surface area contributed by atoms with Crippen LogP contribution in [0.4, 0.5) is 0 Å². The van der Waals surface area contributed by atoms with Crippen molar-refractivity contribution in [2.75, 3.05) is 0 Å². The van der Waals surface area contributed by atoms with Crippen LogP contribution in [0, 0.1) is 0 Å². The number of fused-ring (bicyclic) bond motifs is 1. The molecule has 0 amide bonds. The quantitative estimate of drug-likeness (QED) is 0.885. The van der Waals surface area contributed by atoms with Crippen molar-refractivity contribution >= 4 is 28.5 Å². The number of aryl methyl sites for hydroxylation is 1. The van der Waals surface area contributed by atoms with Gasteiger partial charge in [-0.25, -0.2) is 4.79 Å². The van der Waals surface area contributed by atoms with E-state index >= 15 is 0 Å². The lowest BCUT2D eigenvalue weighted by Gasteiger charge is -2.10. The first-order chi connectivity index (χ1) is 7.91. The molecule has 0 aliphatic heterocycles. The van der Waals surface area contributed by atoms with Crippen LogP contribution in [-0.2, 0) is 7.05 Å². The Morgan fingerprint density at radius 1 is 1.41 bits per heavy atom. The fourth-order valence-corrected chi connectivity index (χ4v) is 2.38. The highest BCUT2D eigenvalue weighted by atomic mass is 35.5. The second-order valence-electron chi connectivity index (χ2n) is 4.50. The zero-order chi connectivity index (χ0) is 12.7. The van der Waals surface area contributed by atoms with E-state index in [0.717, 1.165) is 11.1 Å². The van der Waals surface area contributed by atoms with Gasteiger partial charge < -0.3 is 9.67 Å². The summed E-state index contributed by atoms with van der Waals surface area (Å²) < 4.78 is 1.85. The van der Waals surface area contributed by atoms with Crippen LogP contribution in [0.15, 0.2) is 18.3 Å². The van der Waals surface area contributed by atoms with E-state index in [9.17, 15) is 4.79 Å². The van der Waals surface area contributed by atoms with Gasteiger partial charge in [0.2, 0.25) is 0 Å². The number of halogens is 1. The van der Waals surface area contributed by atoms with E-state index in [4.69, 9.17) is 16.7 Å². The first-order valence-electron chi connectivity index (χ1n) is 5.43. The third-order valence-electron chi connectivity index (χ3n) is 2.92. The SMILES string of the molecule is CC(C)c1cc(Cl)cc2c(C(=O)O)cn(C)c12. The zero-order valence-electron chi connectivity index (χ0n) is 9.99. The number of aromatic nitrogens is 1. The lowest BCUT2D eigenvalue weighted by molar-refractivity contribution is 0.0699. The molecule has 1 N–H and O–H groups in total. The molecule has 2 aromatic rings. The Balaban J connectivity index is 2.90. The number of hydrogen-bond acceptors (Lipinski definition) is 1. The smallest absolute Gasteiger partial charge is 0.337 e. The summed E-state index contributed by atoms with van der Waals surface area (Å²) in [4.78, 5) is 11.2. The average molecular weight is 252 g/mol. The van der Waals surface area contributed by atoms with Crippen LogP contribution in [0.1, 0.15) is 35.7 Å². The van der Waals surface area contributed by atoms with Gasteiger partial charge in [-0.15, -0.1) is 0 Å². The van der Waals surface area contributed by atoms with Gasteiger partial charge in [-0.3, -0.25) is 0 Å². The van der Waals surface area contributed by atoms with Crippen LogP contribution in [-0.4, -0.2) is 15.6 Å². The summed E-state index contributed by atoms with van der Waals surface area (Å²) in [5.74, 6) is -0.626. The molecule has 17 heavy (non-hydrogen) atoms. The standard InChI is InChI=1S/C13H14ClNO2/c1-7(2)9-4-8(14)5-10-11(13(16)17)6-15(3)12(9)10/h4-7H,1-3H3,(H,16,17). The van der Waals surface area contributed by atoms with Crippen LogP contribution in [0.2, 0.25) is 5.02 Å². The summed E-state index contributed by atoms with van der Waals surface area (Å²) in [7, 11) is 1.86. The maximum Gasteiger partial charge on any atom is 0.337 e. The van der Waals surface area contributed by atoms with E-state index in [1.165, 1.54) is 0 Å². The van der Waals surface area contributed by atoms with Gasteiger partial charge in [0.15, 0.2) is 0 Å². The van der Waals surface area contributed by atoms with Crippen LogP contribution in [0.5, 0.6) is 0 Å². The predicted molar refractivity (Wildman–Crippen MR) is 69.0 cm³/mol. The zero-order valence-corrected chi connectivity index (χ0v) is 10.7. The molecule has 1 aromatic carbocycles. The monoisotopic (exact) mass is 251 g/mol. The molecule has 0 saturated carbocycles. The minimum absolute atomic E-state index is 0.298. The molecule has 0 bridgehead atoms. The molecule has 0 saturated heterocycles. The number of nitrogens with zero attached hydrogens (tertiary/aromatic N) is 1. The van der Waals surface area contributed by atoms with E-state index in [1.54, 1.807) is 12.3 Å². The third-order valence-corrected chi connectivity index (χ3v) is 3.14. The third kappa shape index (κ3) is 1.91. The number of aromatic carboxylic acids is 1. The summed E-state index contributed by atoms with van der Waals surface area (Å²) in [6, 6.07) is 3.62. The Morgan fingerprint density at radius 2 is 2.06 bits per heavy atom. The van der Waals surface area contributed by atoms with Gasteiger partial charge in [0.05, 0.1) is 11.1 Å². The molecular weight excluding hydrogens is 238 g/mol. The Hall–Kier alpha value is -1.48. The van der Waals surface area contributed by atoms with E-state index in [1.807, 2.05) is 17.7 Å². The lowest BCUT2D eigenvalue weighted by Crippen LogP contribution is -1.95. The summed E-state index contributed by atoms with van der Waals surface area (Å²) in [5, 5.41) is 10.4. The number of rotatable bonds is 2. The van der Waals surface area contributed by atoms with E-state index in [-0.39, 0.29) is 0 Å². The van der Waals surface area contributed by atoms with Gasteiger partial charge in [-0.05, 0) is 23.6 Å². The number of carboxylic acids is 1. The number of carboxylic acid groups (broad SMARTS) is 1. The van der Waals surface area contributed by atoms with Crippen molar-refractivity contribution in [3.8, 4) is 0 Å². The Morgan fingerprint density at radius 3 is 2.59 bits per heavy atom. The number of hydrogen-bond donors (Lipinski definition) is 1. The Labute approximate surface area is 105 Å². The van der Waals surface area contributed by atoms with Gasteiger partial charge in [-0.1, -0.05) is 25.4 Å². The molecular formula is C13H14ClNO2. The van der Waals surface area contributed by atoms with Crippen molar-refractivity contribution in [1.29, 1.82) is 0 Å². The minimum Gasteiger partial charge on any atom is -0.478 e. The van der Waals surface area contributed by atoms with Crippen LogP contribution < -0.4 is 0 Å². The highest BCUT2D eigenvalue weighted by molar-refractivity contribution is 6.31. The van der Waals surface area contributed by atoms with Crippen LogP contribution in [0.3, 0.4) is 0 Å². The lowest BCUT2D eigenvalue weighted by atomic mass is 9.99. The molecule has 1 aromatic heterocycles. The summed E-state index contributed by atoms with van der Waals surface area (Å²) in [5.41, 5.74) is 2.32. The molecule has 0 unspecified atom stereocenters. The van der Waals surface area contributed by atoms with E-state index < -0.39 is 5.97 Å². The summed E-state index contributed by atoms with van der Waals surface area (Å²) >= 11 is 6.05. The van der Waals surface area contributed by atoms with E-state index in [0.29, 0.717) is 21.9 Å². The van der Waals surface area contributed by atoms with Gasteiger partial charge in [-0.2, -0.15) is 0 Å². The van der Waals surface area contributed by atoms with Crippen molar-refractivity contribution in [2.24, 2.45) is 7.05 Å². The molecule has 0 spiro atoms. The largest absolute Gasteiger partial charge is 0.478 e. The van der Waals surface area contributed by atoms with Gasteiger partial charge >= 0.3 is 5.97 Å². The van der Waals surface area contributed by atoms with E-state index in [2.05, 4.69) is 13.8 Å². The van der Waals surface area contributed by atoms with Crippen LogP contribution >= 0.6 is 11.6 Å². The topological polar surface area (TPSA) is 42.2 Å². The molecule has 0 aliphatic rings. The Kier molecular flexibility index (Phi) is 2.87.